The SMILES string of the molecule is Cc1cc([C@H](Nc2nsnc2Nc2cccc(S(=O)(=O)N3CCOCC3)c2O)C(C)C)oc1C. The Morgan fingerprint density at radius 2 is 1.85 bits per heavy atom. The summed E-state index contributed by atoms with van der Waals surface area (Å²) >= 11 is 1.00. The monoisotopic (exact) mass is 507 g/mol. The molecule has 1 fully saturated rings. The van der Waals surface area contributed by atoms with Gasteiger partial charge in [-0.15, -0.1) is 0 Å². The summed E-state index contributed by atoms with van der Waals surface area (Å²) in [6.45, 7) is 9.20. The van der Waals surface area contributed by atoms with Crippen LogP contribution in [0.3, 0.4) is 0 Å². The predicted octanol–water partition coefficient (Wildman–Crippen LogP) is 4.03. The van der Waals surface area contributed by atoms with E-state index in [4.69, 9.17) is 9.15 Å². The van der Waals surface area contributed by atoms with Crippen LogP contribution in [0.4, 0.5) is 17.3 Å². The lowest BCUT2D eigenvalue weighted by Crippen LogP contribution is -2.40. The van der Waals surface area contributed by atoms with Crippen LogP contribution in [0.2, 0.25) is 0 Å². The third-order valence-corrected chi connectivity index (χ3v) is 8.24. The van der Waals surface area contributed by atoms with Crippen LogP contribution in [0.25, 0.3) is 0 Å². The number of nitrogens with zero attached hydrogens (tertiary/aromatic N) is 3. The van der Waals surface area contributed by atoms with Gasteiger partial charge in [0.15, 0.2) is 17.4 Å². The normalized spacial score (nSPS) is 16.0. The van der Waals surface area contributed by atoms with E-state index in [1.165, 1.54) is 10.4 Å². The molecule has 12 heteroatoms. The molecule has 0 saturated carbocycles. The number of aromatic nitrogens is 2. The molecule has 3 heterocycles. The number of phenolic OH excluding ortho intramolecular Hbond substituents is 1. The Bertz CT molecular complexity index is 1230. The lowest BCUT2D eigenvalue weighted by Gasteiger charge is -2.26. The van der Waals surface area contributed by atoms with E-state index < -0.39 is 10.0 Å². The first kappa shape index (κ1) is 24.5. The maximum absolute atomic E-state index is 13.1. The number of phenols is 1. The number of anilines is 3. The van der Waals surface area contributed by atoms with Crippen molar-refractivity contribution in [2.24, 2.45) is 5.92 Å². The van der Waals surface area contributed by atoms with Crippen LogP contribution < -0.4 is 10.6 Å². The van der Waals surface area contributed by atoms with Crippen molar-refractivity contribution in [2.45, 2.75) is 38.6 Å². The quantitative estimate of drug-likeness (QED) is 0.387. The fourth-order valence-electron chi connectivity index (χ4n) is 3.72. The Kier molecular flexibility index (Phi) is 7.12. The van der Waals surface area contributed by atoms with E-state index in [2.05, 4.69) is 33.2 Å². The first-order valence-electron chi connectivity index (χ1n) is 11.0. The highest BCUT2D eigenvalue weighted by atomic mass is 32.2. The van der Waals surface area contributed by atoms with Crippen LogP contribution in [0, 0.1) is 19.8 Å². The fourth-order valence-corrected chi connectivity index (χ4v) is 5.71. The molecule has 1 aliphatic rings. The zero-order valence-electron chi connectivity index (χ0n) is 19.5. The molecule has 0 spiro atoms. The fraction of sp³-hybridized carbons (Fsp3) is 0.455. The third kappa shape index (κ3) is 4.90. The molecule has 0 radical (unpaired) electrons. The third-order valence-electron chi connectivity index (χ3n) is 5.78. The van der Waals surface area contributed by atoms with Gasteiger partial charge in [0.2, 0.25) is 10.0 Å². The van der Waals surface area contributed by atoms with Gasteiger partial charge in [0.1, 0.15) is 16.4 Å². The van der Waals surface area contributed by atoms with Crippen LogP contribution in [0.5, 0.6) is 5.75 Å². The van der Waals surface area contributed by atoms with E-state index in [9.17, 15) is 13.5 Å². The topological polar surface area (TPSA) is 130 Å². The summed E-state index contributed by atoms with van der Waals surface area (Å²) in [6, 6.07) is 6.41. The minimum atomic E-state index is -3.87. The standard InChI is InChI=1S/C22H29N5O5S2/c1-13(2)19(17-12-14(3)15(4)32-17)24-22-21(25-33-26-22)23-16-6-5-7-18(20(16)28)34(29,30)27-8-10-31-11-9-27/h5-7,12-13,19,28H,8-11H2,1-4H3,(H,23,25)(H,24,26)/t19-/m1/s1. The number of rotatable bonds is 8. The van der Waals surface area contributed by atoms with Crippen molar-refractivity contribution in [3.8, 4) is 5.75 Å². The van der Waals surface area contributed by atoms with Crippen molar-refractivity contribution in [3.63, 3.8) is 0 Å². The Morgan fingerprint density at radius 1 is 1.15 bits per heavy atom. The van der Waals surface area contributed by atoms with E-state index in [-0.39, 0.29) is 41.4 Å². The molecular weight excluding hydrogens is 478 g/mol. The molecule has 0 amide bonds. The summed E-state index contributed by atoms with van der Waals surface area (Å²) < 4.78 is 47.3. The van der Waals surface area contributed by atoms with Crippen LogP contribution in [-0.2, 0) is 14.8 Å². The van der Waals surface area contributed by atoms with E-state index in [0.717, 1.165) is 28.8 Å². The predicted molar refractivity (Wildman–Crippen MR) is 130 cm³/mol. The van der Waals surface area contributed by atoms with Gasteiger partial charge in [-0.1, -0.05) is 19.9 Å². The molecule has 0 unspecified atom stereocenters. The molecule has 2 aromatic heterocycles. The summed E-state index contributed by atoms with van der Waals surface area (Å²) in [4.78, 5) is -0.168. The van der Waals surface area contributed by atoms with Gasteiger partial charge in [0.05, 0.1) is 36.7 Å². The highest BCUT2D eigenvalue weighted by Gasteiger charge is 2.30. The van der Waals surface area contributed by atoms with E-state index in [1.54, 1.807) is 12.1 Å². The molecule has 184 valence electrons. The van der Waals surface area contributed by atoms with Crippen LogP contribution in [0.15, 0.2) is 33.6 Å². The molecule has 1 aliphatic heterocycles. The number of aromatic hydroxyl groups is 1. The average molecular weight is 508 g/mol. The van der Waals surface area contributed by atoms with Crippen molar-refractivity contribution >= 4 is 39.1 Å². The molecule has 3 N–H and O–H groups in total. The Hall–Kier alpha value is -2.67. The van der Waals surface area contributed by atoms with E-state index in [0.29, 0.717) is 24.8 Å². The van der Waals surface area contributed by atoms with Gasteiger partial charge >= 0.3 is 0 Å². The lowest BCUT2D eigenvalue weighted by molar-refractivity contribution is 0.0729. The number of sulfonamides is 1. The highest BCUT2D eigenvalue weighted by molar-refractivity contribution is 7.89. The maximum Gasteiger partial charge on any atom is 0.246 e. The second kappa shape index (κ2) is 9.90. The molecule has 0 aliphatic carbocycles. The second-order valence-electron chi connectivity index (χ2n) is 8.51. The van der Waals surface area contributed by atoms with Gasteiger partial charge in [-0.2, -0.15) is 13.1 Å². The zero-order chi connectivity index (χ0) is 24.5. The van der Waals surface area contributed by atoms with Gasteiger partial charge in [0, 0.05) is 13.1 Å². The van der Waals surface area contributed by atoms with Crippen LogP contribution >= 0.6 is 11.7 Å². The summed E-state index contributed by atoms with van der Waals surface area (Å²) in [7, 11) is -3.87. The minimum absolute atomic E-state index is 0.154. The second-order valence-corrected chi connectivity index (χ2v) is 10.9. The van der Waals surface area contributed by atoms with Gasteiger partial charge < -0.3 is 24.9 Å². The first-order valence-corrected chi connectivity index (χ1v) is 13.2. The molecule has 4 rings (SSSR count). The van der Waals surface area contributed by atoms with Crippen molar-refractivity contribution in [1.29, 1.82) is 0 Å². The van der Waals surface area contributed by atoms with Gasteiger partial charge in [-0.3, -0.25) is 0 Å². The zero-order valence-corrected chi connectivity index (χ0v) is 21.2. The smallest absolute Gasteiger partial charge is 0.246 e. The van der Waals surface area contributed by atoms with Crippen molar-refractivity contribution in [1.82, 2.24) is 13.1 Å². The minimum Gasteiger partial charge on any atom is -0.504 e. The molecule has 3 aromatic rings. The summed E-state index contributed by atoms with van der Waals surface area (Å²) in [6.07, 6.45) is 0. The number of hydrogen-bond donors (Lipinski definition) is 3. The van der Waals surface area contributed by atoms with Gasteiger partial charge in [0.25, 0.3) is 0 Å². The summed E-state index contributed by atoms with van der Waals surface area (Å²) in [5.74, 6) is 2.34. The molecule has 34 heavy (non-hydrogen) atoms. The van der Waals surface area contributed by atoms with Crippen molar-refractivity contribution in [2.75, 3.05) is 36.9 Å². The molecular formula is C22H29N5O5S2. The Balaban J connectivity index is 1.59. The number of nitrogens with one attached hydrogen (secondary N) is 2. The highest BCUT2D eigenvalue weighted by Crippen LogP contribution is 2.37. The summed E-state index contributed by atoms with van der Waals surface area (Å²) in [5, 5.41) is 17.3. The maximum atomic E-state index is 13.1. The van der Waals surface area contributed by atoms with E-state index >= 15 is 0 Å². The molecule has 1 atom stereocenters. The number of benzene rings is 1. The Morgan fingerprint density at radius 3 is 2.50 bits per heavy atom. The lowest BCUT2D eigenvalue weighted by atomic mass is 10.0. The average Bonchev–Trinajstić information content (AvgIpc) is 3.39. The molecule has 10 nitrogen and oxygen atoms in total. The molecule has 0 bridgehead atoms. The van der Waals surface area contributed by atoms with Crippen LogP contribution in [0.1, 0.15) is 37.0 Å². The summed E-state index contributed by atoms with van der Waals surface area (Å²) in [5.41, 5.74) is 1.29. The van der Waals surface area contributed by atoms with Gasteiger partial charge in [-0.05, 0) is 43.5 Å². The number of aryl methyl sites for hydroxylation is 2. The Labute approximate surface area is 203 Å². The number of furan rings is 1. The molecule has 1 aromatic carbocycles. The number of morpholine rings is 1. The van der Waals surface area contributed by atoms with E-state index in [1.807, 2.05) is 19.9 Å². The molecule has 1 saturated heterocycles. The number of para-hydroxylation sites is 1. The van der Waals surface area contributed by atoms with Gasteiger partial charge in [-0.25, -0.2) is 8.42 Å². The number of ether oxygens (including phenoxy) is 1. The van der Waals surface area contributed by atoms with Crippen molar-refractivity contribution < 1.29 is 22.7 Å². The number of hydrogen-bond acceptors (Lipinski definition) is 10. The first-order chi connectivity index (χ1) is 16.2. The largest absolute Gasteiger partial charge is 0.504 e. The van der Waals surface area contributed by atoms with Crippen LogP contribution in [-0.4, -0.2) is 52.9 Å². The van der Waals surface area contributed by atoms with Crippen molar-refractivity contribution in [3.05, 3.63) is 41.3 Å².